The molecule has 0 fully saturated rings. The molecule has 11 heteroatoms. The van der Waals surface area contributed by atoms with E-state index in [9.17, 15) is 20.0 Å². The summed E-state index contributed by atoms with van der Waals surface area (Å²) in [6, 6.07) is 13.1. The van der Waals surface area contributed by atoms with Crippen molar-refractivity contribution in [3.63, 3.8) is 0 Å². The number of carbonyl (C=O) groups excluding carboxylic acids is 1. The molecule has 4 aromatic rings. The van der Waals surface area contributed by atoms with E-state index in [1.165, 1.54) is 23.5 Å². The largest absolute Gasteiger partial charge is 0.508 e. The molecule has 0 bridgehead atoms. The summed E-state index contributed by atoms with van der Waals surface area (Å²) in [5.74, 6) is 0.675. The number of ketones is 1. The molecule has 0 unspecified atom stereocenters. The standard InChI is InChI=1S/C23H20N4O5S2/c1-26(14-2-3-18(29)19-8-9-20(33-19)27(30)31)23-25-21(15-4-6-16(28)7-5-15)22(34-23)32-17-10-12-24-13-11-17/h4-13,28H,2-3,14H2,1H3. The van der Waals surface area contributed by atoms with Crippen LogP contribution in [0.4, 0.5) is 10.1 Å². The molecule has 0 aliphatic heterocycles. The summed E-state index contributed by atoms with van der Waals surface area (Å²) in [6.45, 7) is 0.566. The molecule has 1 aromatic carbocycles. The maximum atomic E-state index is 12.4. The lowest BCUT2D eigenvalue weighted by atomic mass is 10.1. The SMILES string of the molecule is CN(CCCC(=O)c1ccc([N+](=O)[O-])s1)c1nc(-c2ccc(O)cc2)c(Oc2ccncc2)s1. The van der Waals surface area contributed by atoms with E-state index in [4.69, 9.17) is 9.72 Å². The van der Waals surface area contributed by atoms with Gasteiger partial charge in [-0.05, 0) is 48.9 Å². The Morgan fingerprint density at radius 1 is 1.12 bits per heavy atom. The first kappa shape index (κ1) is 23.3. The van der Waals surface area contributed by atoms with E-state index < -0.39 is 4.92 Å². The highest BCUT2D eigenvalue weighted by atomic mass is 32.1. The van der Waals surface area contributed by atoms with Crippen LogP contribution >= 0.6 is 22.7 Å². The van der Waals surface area contributed by atoms with Gasteiger partial charge in [-0.15, -0.1) is 0 Å². The summed E-state index contributed by atoms with van der Waals surface area (Å²) in [4.78, 5) is 33.8. The molecule has 0 radical (unpaired) electrons. The van der Waals surface area contributed by atoms with Gasteiger partial charge in [-0.3, -0.25) is 19.9 Å². The Morgan fingerprint density at radius 3 is 2.53 bits per heavy atom. The van der Waals surface area contributed by atoms with Crippen molar-refractivity contribution in [2.45, 2.75) is 12.8 Å². The van der Waals surface area contributed by atoms with Crippen LogP contribution in [0.2, 0.25) is 0 Å². The van der Waals surface area contributed by atoms with Gasteiger partial charge in [0.25, 0.3) is 0 Å². The highest BCUT2D eigenvalue weighted by molar-refractivity contribution is 7.18. The molecular weight excluding hydrogens is 476 g/mol. The zero-order chi connectivity index (χ0) is 24.1. The van der Waals surface area contributed by atoms with Gasteiger partial charge in [-0.2, -0.15) is 0 Å². The van der Waals surface area contributed by atoms with Gasteiger partial charge in [-0.25, -0.2) is 4.98 Å². The van der Waals surface area contributed by atoms with Crippen LogP contribution in [0.25, 0.3) is 11.3 Å². The molecule has 0 aliphatic rings. The van der Waals surface area contributed by atoms with Crippen molar-refractivity contribution in [2.75, 3.05) is 18.5 Å². The van der Waals surface area contributed by atoms with Crippen molar-refractivity contribution in [3.05, 3.63) is 75.9 Å². The predicted molar refractivity (Wildman–Crippen MR) is 131 cm³/mol. The van der Waals surface area contributed by atoms with Crippen molar-refractivity contribution in [1.82, 2.24) is 9.97 Å². The summed E-state index contributed by atoms with van der Waals surface area (Å²) in [7, 11) is 1.89. The van der Waals surface area contributed by atoms with Crippen molar-refractivity contribution < 1.29 is 19.6 Å². The van der Waals surface area contributed by atoms with Crippen LogP contribution in [0, 0.1) is 10.1 Å². The summed E-state index contributed by atoms with van der Waals surface area (Å²) in [5.41, 5.74) is 1.44. The molecule has 0 amide bonds. The highest BCUT2D eigenvalue weighted by Crippen LogP contribution is 2.42. The molecule has 0 saturated carbocycles. The Labute approximate surface area is 203 Å². The number of Topliss-reactive ketones (excluding diaryl/α,β-unsaturated/α-hetero) is 1. The van der Waals surface area contributed by atoms with Crippen molar-refractivity contribution in [2.24, 2.45) is 0 Å². The first-order chi connectivity index (χ1) is 16.4. The second-order valence-corrected chi connectivity index (χ2v) is 9.31. The molecule has 3 heterocycles. The number of pyridine rings is 1. The van der Waals surface area contributed by atoms with Crippen LogP contribution in [0.15, 0.2) is 60.9 Å². The van der Waals surface area contributed by atoms with Gasteiger partial charge in [0.05, 0.1) is 9.80 Å². The molecule has 9 nitrogen and oxygen atoms in total. The maximum Gasteiger partial charge on any atom is 0.324 e. The van der Waals surface area contributed by atoms with Crippen LogP contribution in [-0.4, -0.2) is 39.4 Å². The van der Waals surface area contributed by atoms with E-state index in [1.807, 2.05) is 11.9 Å². The Bertz CT molecular complexity index is 1290. The van der Waals surface area contributed by atoms with Crippen LogP contribution in [0.5, 0.6) is 16.6 Å². The van der Waals surface area contributed by atoms with Gasteiger partial charge >= 0.3 is 5.00 Å². The number of aromatic nitrogens is 2. The molecule has 34 heavy (non-hydrogen) atoms. The number of nitro groups is 1. The molecule has 4 rings (SSSR count). The quantitative estimate of drug-likeness (QED) is 0.167. The monoisotopic (exact) mass is 496 g/mol. The Kier molecular flexibility index (Phi) is 7.14. The zero-order valence-corrected chi connectivity index (χ0v) is 19.7. The van der Waals surface area contributed by atoms with Gasteiger partial charge in [0.15, 0.2) is 10.9 Å². The predicted octanol–water partition coefficient (Wildman–Crippen LogP) is 5.77. The van der Waals surface area contributed by atoms with Crippen LogP contribution in [-0.2, 0) is 0 Å². The lowest BCUT2D eigenvalue weighted by Gasteiger charge is -2.14. The molecule has 174 valence electrons. The third kappa shape index (κ3) is 5.56. The molecule has 0 aliphatic carbocycles. The van der Waals surface area contributed by atoms with Crippen LogP contribution in [0.3, 0.4) is 0 Å². The van der Waals surface area contributed by atoms with Gasteiger partial charge in [-0.1, -0.05) is 22.7 Å². The number of anilines is 1. The van der Waals surface area contributed by atoms with Gasteiger partial charge in [0.1, 0.15) is 17.2 Å². The molecule has 0 atom stereocenters. The number of nitrogens with zero attached hydrogens (tertiary/aromatic N) is 4. The van der Waals surface area contributed by atoms with Crippen LogP contribution in [0.1, 0.15) is 22.5 Å². The number of hydrogen-bond donors (Lipinski definition) is 1. The molecule has 0 spiro atoms. The Balaban J connectivity index is 1.46. The first-order valence-corrected chi connectivity index (χ1v) is 11.9. The fourth-order valence-electron chi connectivity index (χ4n) is 3.11. The molecule has 3 aromatic heterocycles. The van der Waals surface area contributed by atoms with Gasteiger partial charge in [0.2, 0.25) is 5.06 Å². The fraction of sp³-hybridized carbons (Fsp3) is 0.174. The number of ether oxygens (including phenoxy) is 1. The normalized spacial score (nSPS) is 10.7. The average molecular weight is 497 g/mol. The lowest BCUT2D eigenvalue weighted by molar-refractivity contribution is -0.380. The van der Waals surface area contributed by atoms with E-state index >= 15 is 0 Å². The number of thiophene rings is 1. The lowest BCUT2D eigenvalue weighted by Crippen LogP contribution is -2.19. The fourth-order valence-corrected chi connectivity index (χ4v) is 4.85. The Morgan fingerprint density at radius 2 is 1.85 bits per heavy atom. The second-order valence-electron chi connectivity index (χ2n) is 7.31. The summed E-state index contributed by atoms with van der Waals surface area (Å²) >= 11 is 2.27. The van der Waals surface area contributed by atoms with E-state index in [1.54, 1.807) is 48.8 Å². The minimum absolute atomic E-state index is 0.0354. The van der Waals surface area contributed by atoms with Gasteiger partial charge < -0.3 is 14.7 Å². The molecule has 1 N–H and O–H groups in total. The van der Waals surface area contributed by atoms with E-state index in [0.29, 0.717) is 39.5 Å². The third-order valence-corrected chi connectivity index (χ3v) is 6.98. The zero-order valence-electron chi connectivity index (χ0n) is 18.1. The van der Waals surface area contributed by atoms with E-state index in [-0.39, 0.29) is 23.0 Å². The summed E-state index contributed by atoms with van der Waals surface area (Å²) in [6.07, 6.45) is 4.12. The summed E-state index contributed by atoms with van der Waals surface area (Å²) < 4.78 is 6.07. The number of phenols is 1. The number of carbonyl (C=O) groups is 1. The number of hydrogen-bond acceptors (Lipinski definition) is 10. The third-order valence-electron chi connectivity index (χ3n) is 4.86. The van der Waals surface area contributed by atoms with E-state index in [0.717, 1.165) is 16.9 Å². The number of benzene rings is 1. The number of phenolic OH excluding ortho intramolecular Hbond substituents is 1. The van der Waals surface area contributed by atoms with E-state index in [2.05, 4.69) is 4.98 Å². The second kappa shape index (κ2) is 10.4. The van der Waals surface area contributed by atoms with Crippen molar-refractivity contribution >= 4 is 38.6 Å². The number of aromatic hydroxyl groups is 1. The number of rotatable bonds is 10. The minimum atomic E-state index is -0.491. The highest BCUT2D eigenvalue weighted by Gasteiger charge is 2.19. The topological polar surface area (TPSA) is 119 Å². The molecule has 0 saturated heterocycles. The van der Waals surface area contributed by atoms with Crippen molar-refractivity contribution in [3.8, 4) is 27.8 Å². The maximum absolute atomic E-state index is 12.4. The first-order valence-electron chi connectivity index (χ1n) is 10.3. The van der Waals surface area contributed by atoms with Gasteiger partial charge in [0, 0.05) is 44.0 Å². The Hall–Kier alpha value is -3.83. The van der Waals surface area contributed by atoms with Crippen molar-refractivity contribution in [1.29, 1.82) is 0 Å². The number of thiazole rings is 1. The summed E-state index contributed by atoms with van der Waals surface area (Å²) in [5, 5.41) is 21.7. The minimum Gasteiger partial charge on any atom is -0.508 e. The smallest absolute Gasteiger partial charge is 0.324 e. The average Bonchev–Trinajstić information content (AvgIpc) is 3.48. The van der Waals surface area contributed by atoms with Crippen LogP contribution < -0.4 is 9.64 Å². The molecular formula is C23H20N4O5S2.